The van der Waals surface area contributed by atoms with Crippen LogP contribution in [-0.2, 0) is 0 Å². The largest absolute Gasteiger partial charge is 0.369 e. The molecule has 1 aromatic carbocycles. The van der Waals surface area contributed by atoms with Gasteiger partial charge in [-0.15, -0.1) is 0 Å². The number of benzene rings is 1. The molecule has 0 aromatic heterocycles. The van der Waals surface area contributed by atoms with Gasteiger partial charge in [0.2, 0.25) is 0 Å². The van der Waals surface area contributed by atoms with Crippen molar-refractivity contribution >= 4 is 23.7 Å². The highest BCUT2D eigenvalue weighted by atomic mass is 32.2. The van der Waals surface area contributed by atoms with Crippen molar-refractivity contribution in [2.45, 2.75) is 31.3 Å². The highest BCUT2D eigenvalue weighted by molar-refractivity contribution is 8.00. The van der Waals surface area contributed by atoms with Crippen LogP contribution in [0, 0.1) is 6.92 Å². The van der Waals surface area contributed by atoms with E-state index in [1.165, 1.54) is 5.69 Å². The minimum atomic E-state index is 0.671. The zero-order valence-electron chi connectivity index (χ0n) is 10.6. The maximum atomic E-state index is 10.8. The number of aryl methyl sites for hydroxylation is 1. The minimum absolute atomic E-state index is 0.671. The quantitative estimate of drug-likeness (QED) is 0.751. The molecule has 0 radical (unpaired) electrons. The maximum Gasteiger partial charge on any atom is 0.150 e. The van der Waals surface area contributed by atoms with Gasteiger partial charge in [-0.1, -0.05) is 13.8 Å². The van der Waals surface area contributed by atoms with Crippen molar-refractivity contribution in [2.75, 3.05) is 18.0 Å². The van der Waals surface area contributed by atoms with Crippen LogP contribution in [0.4, 0.5) is 5.69 Å². The number of rotatable bonds is 2. The Balaban J connectivity index is 2.21. The van der Waals surface area contributed by atoms with Gasteiger partial charge in [-0.2, -0.15) is 11.8 Å². The summed E-state index contributed by atoms with van der Waals surface area (Å²) in [5, 5.41) is 1.34. The number of thioether (sulfide) groups is 1. The topological polar surface area (TPSA) is 20.3 Å². The number of carbonyl (C=O) groups is 1. The molecule has 1 aromatic rings. The molecule has 1 saturated heterocycles. The lowest BCUT2D eigenvalue weighted by Gasteiger charge is -2.36. The summed E-state index contributed by atoms with van der Waals surface area (Å²) >= 11 is 2.05. The van der Waals surface area contributed by atoms with Gasteiger partial charge in [0.15, 0.2) is 0 Å². The zero-order chi connectivity index (χ0) is 12.4. The van der Waals surface area contributed by atoms with E-state index in [-0.39, 0.29) is 0 Å². The third kappa shape index (κ3) is 2.83. The van der Waals surface area contributed by atoms with Crippen LogP contribution in [0.1, 0.15) is 29.8 Å². The van der Waals surface area contributed by atoms with E-state index < -0.39 is 0 Å². The van der Waals surface area contributed by atoms with E-state index in [1.54, 1.807) is 0 Å². The van der Waals surface area contributed by atoms with Crippen molar-refractivity contribution in [3.05, 3.63) is 29.3 Å². The molecular formula is C14H19NOS. The van der Waals surface area contributed by atoms with Gasteiger partial charge in [-0.25, -0.2) is 0 Å². The van der Waals surface area contributed by atoms with Crippen molar-refractivity contribution < 1.29 is 4.79 Å². The Hall–Kier alpha value is -0.960. The van der Waals surface area contributed by atoms with Gasteiger partial charge >= 0.3 is 0 Å². The smallest absolute Gasteiger partial charge is 0.150 e. The minimum Gasteiger partial charge on any atom is -0.369 e. The van der Waals surface area contributed by atoms with E-state index in [0.29, 0.717) is 10.5 Å². The van der Waals surface area contributed by atoms with Crippen molar-refractivity contribution in [1.82, 2.24) is 0 Å². The van der Waals surface area contributed by atoms with Crippen LogP contribution in [-0.4, -0.2) is 29.9 Å². The van der Waals surface area contributed by atoms with Gasteiger partial charge in [-0.05, 0) is 30.7 Å². The first-order chi connectivity index (χ1) is 8.10. The summed E-state index contributed by atoms with van der Waals surface area (Å²) in [5.74, 6) is 0. The molecule has 2 unspecified atom stereocenters. The molecule has 1 heterocycles. The Labute approximate surface area is 107 Å². The van der Waals surface area contributed by atoms with E-state index in [4.69, 9.17) is 0 Å². The van der Waals surface area contributed by atoms with Crippen LogP contribution < -0.4 is 4.90 Å². The first kappa shape index (κ1) is 12.5. The molecule has 2 nitrogen and oxygen atoms in total. The Kier molecular flexibility index (Phi) is 3.77. The monoisotopic (exact) mass is 249 g/mol. The third-order valence-electron chi connectivity index (χ3n) is 3.17. The van der Waals surface area contributed by atoms with Crippen LogP contribution in [0.15, 0.2) is 18.2 Å². The summed E-state index contributed by atoms with van der Waals surface area (Å²) < 4.78 is 0. The fourth-order valence-corrected chi connectivity index (χ4v) is 3.70. The van der Waals surface area contributed by atoms with Gasteiger partial charge in [0.1, 0.15) is 6.29 Å². The van der Waals surface area contributed by atoms with Gasteiger partial charge in [0.25, 0.3) is 0 Å². The molecule has 0 bridgehead atoms. The molecule has 0 N–H and O–H groups in total. The SMILES string of the molecule is Cc1cc(N2CC(C)SC(C)C2)ccc1C=O. The Morgan fingerprint density at radius 1 is 1.29 bits per heavy atom. The molecule has 0 saturated carbocycles. The van der Waals surface area contributed by atoms with Crippen LogP contribution >= 0.6 is 11.8 Å². The number of hydrogen-bond donors (Lipinski definition) is 0. The van der Waals surface area contributed by atoms with Gasteiger partial charge in [0, 0.05) is 34.8 Å². The van der Waals surface area contributed by atoms with Crippen LogP contribution in [0.2, 0.25) is 0 Å². The molecule has 0 spiro atoms. The van der Waals surface area contributed by atoms with Crippen molar-refractivity contribution in [3.63, 3.8) is 0 Å². The lowest BCUT2D eigenvalue weighted by atomic mass is 10.1. The summed E-state index contributed by atoms with van der Waals surface area (Å²) in [4.78, 5) is 13.2. The Morgan fingerprint density at radius 2 is 1.94 bits per heavy atom. The summed E-state index contributed by atoms with van der Waals surface area (Å²) in [7, 11) is 0. The van der Waals surface area contributed by atoms with Crippen molar-refractivity contribution in [2.24, 2.45) is 0 Å². The molecule has 2 atom stereocenters. The highest BCUT2D eigenvalue weighted by Gasteiger charge is 2.22. The predicted octanol–water partition coefficient (Wildman–Crippen LogP) is 3.14. The zero-order valence-corrected chi connectivity index (χ0v) is 11.5. The van der Waals surface area contributed by atoms with E-state index in [9.17, 15) is 4.79 Å². The third-order valence-corrected chi connectivity index (χ3v) is 4.39. The van der Waals surface area contributed by atoms with Gasteiger partial charge in [0.05, 0.1) is 0 Å². The second kappa shape index (κ2) is 5.13. The molecule has 2 rings (SSSR count). The summed E-state index contributed by atoms with van der Waals surface area (Å²) in [6, 6.07) is 6.11. The molecule has 1 fully saturated rings. The first-order valence-electron chi connectivity index (χ1n) is 6.06. The average molecular weight is 249 g/mol. The lowest BCUT2D eigenvalue weighted by molar-refractivity contribution is 0.112. The summed E-state index contributed by atoms with van der Waals surface area (Å²) in [6.45, 7) is 8.74. The molecule has 1 aliphatic heterocycles. The lowest BCUT2D eigenvalue weighted by Crippen LogP contribution is -2.40. The number of nitrogens with zero attached hydrogens (tertiary/aromatic N) is 1. The van der Waals surface area contributed by atoms with E-state index in [1.807, 2.05) is 13.0 Å². The predicted molar refractivity (Wildman–Crippen MR) is 75.3 cm³/mol. The number of aldehydes is 1. The second-order valence-corrected chi connectivity index (χ2v) is 6.70. The van der Waals surface area contributed by atoms with E-state index in [0.717, 1.165) is 30.5 Å². The van der Waals surface area contributed by atoms with Crippen LogP contribution in [0.3, 0.4) is 0 Å². The Bertz CT molecular complexity index is 409. The number of anilines is 1. The summed E-state index contributed by atoms with van der Waals surface area (Å²) in [5.41, 5.74) is 3.10. The average Bonchev–Trinajstić information content (AvgIpc) is 2.27. The molecule has 92 valence electrons. The number of hydrogen-bond acceptors (Lipinski definition) is 3. The van der Waals surface area contributed by atoms with Crippen LogP contribution in [0.5, 0.6) is 0 Å². The standard InChI is InChI=1S/C14H19NOS/c1-10-6-14(5-4-13(10)9-16)15-7-11(2)17-12(3)8-15/h4-6,9,11-12H,7-8H2,1-3H3. The van der Waals surface area contributed by atoms with E-state index in [2.05, 4.69) is 42.6 Å². The second-order valence-electron chi connectivity index (χ2n) is 4.82. The first-order valence-corrected chi connectivity index (χ1v) is 7.00. The van der Waals surface area contributed by atoms with Gasteiger partial charge in [-0.3, -0.25) is 4.79 Å². The maximum absolute atomic E-state index is 10.8. The Morgan fingerprint density at radius 3 is 2.47 bits per heavy atom. The van der Waals surface area contributed by atoms with Crippen LogP contribution in [0.25, 0.3) is 0 Å². The summed E-state index contributed by atoms with van der Waals surface area (Å²) in [6.07, 6.45) is 0.927. The van der Waals surface area contributed by atoms with Gasteiger partial charge < -0.3 is 4.90 Å². The fraction of sp³-hybridized carbons (Fsp3) is 0.500. The highest BCUT2D eigenvalue weighted by Crippen LogP contribution is 2.29. The molecule has 3 heteroatoms. The fourth-order valence-electron chi connectivity index (χ4n) is 2.38. The molecular weight excluding hydrogens is 230 g/mol. The van der Waals surface area contributed by atoms with Crippen molar-refractivity contribution in [3.8, 4) is 0 Å². The van der Waals surface area contributed by atoms with E-state index >= 15 is 0 Å². The molecule has 1 aliphatic rings. The van der Waals surface area contributed by atoms with Crippen molar-refractivity contribution in [1.29, 1.82) is 0 Å². The normalized spacial score (nSPS) is 24.8. The number of carbonyl (C=O) groups excluding carboxylic acids is 1. The molecule has 0 amide bonds. The molecule has 0 aliphatic carbocycles. The molecule has 17 heavy (non-hydrogen) atoms.